The topological polar surface area (TPSA) is 83.8 Å². The van der Waals surface area contributed by atoms with Crippen molar-refractivity contribution in [3.8, 4) is 5.69 Å². The van der Waals surface area contributed by atoms with Gasteiger partial charge in [-0.2, -0.15) is 5.10 Å². The fourth-order valence-corrected chi connectivity index (χ4v) is 5.90. The van der Waals surface area contributed by atoms with Crippen molar-refractivity contribution in [2.24, 2.45) is 5.10 Å². The molecule has 4 rings (SSSR count). The van der Waals surface area contributed by atoms with Gasteiger partial charge < -0.3 is 4.57 Å². The van der Waals surface area contributed by atoms with Crippen LogP contribution in [-0.2, 0) is 14.8 Å². The summed E-state index contributed by atoms with van der Waals surface area (Å²) in [5, 5.41) is 4.47. The van der Waals surface area contributed by atoms with Crippen LogP contribution in [0.5, 0.6) is 0 Å². The molecule has 0 aliphatic heterocycles. The highest BCUT2D eigenvalue weighted by Crippen LogP contribution is 2.29. The number of nitrogens with one attached hydrogen (secondary N) is 1. The molecule has 38 heavy (non-hydrogen) atoms. The molecule has 0 fully saturated rings. The summed E-state index contributed by atoms with van der Waals surface area (Å²) in [6.07, 6.45) is 1.46. The third-order valence-corrected chi connectivity index (χ3v) is 7.93. The predicted octanol–water partition coefficient (Wildman–Crippen LogP) is 5.89. The summed E-state index contributed by atoms with van der Waals surface area (Å²) in [6.45, 7) is 3.20. The van der Waals surface area contributed by atoms with Crippen LogP contribution >= 0.6 is 23.2 Å². The van der Waals surface area contributed by atoms with Gasteiger partial charge in [0.2, 0.25) is 0 Å². The number of hydrogen-bond acceptors (Lipinski definition) is 4. The van der Waals surface area contributed by atoms with Gasteiger partial charge in [-0.15, -0.1) is 0 Å². The van der Waals surface area contributed by atoms with Gasteiger partial charge in [0.1, 0.15) is 12.4 Å². The van der Waals surface area contributed by atoms with Crippen LogP contribution in [0, 0.1) is 19.7 Å². The molecule has 4 aromatic rings. The number of carbonyl (C=O) groups excluding carboxylic acids is 1. The van der Waals surface area contributed by atoms with Crippen molar-refractivity contribution >= 4 is 51.0 Å². The summed E-state index contributed by atoms with van der Waals surface area (Å²) in [5.41, 5.74) is 5.74. The maximum absolute atomic E-state index is 13.4. The van der Waals surface area contributed by atoms with E-state index in [1.165, 1.54) is 48.7 Å². The number of hydrazone groups is 1. The van der Waals surface area contributed by atoms with Gasteiger partial charge in [0.15, 0.2) is 0 Å². The molecule has 1 aromatic heterocycles. The van der Waals surface area contributed by atoms with Crippen molar-refractivity contribution in [2.45, 2.75) is 18.7 Å². The third kappa shape index (κ3) is 6.07. The lowest BCUT2D eigenvalue weighted by Crippen LogP contribution is -2.39. The minimum absolute atomic E-state index is 0.000585. The van der Waals surface area contributed by atoms with Gasteiger partial charge in [-0.3, -0.25) is 9.10 Å². The molecule has 0 saturated carbocycles. The van der Waals surface area contributed by atoms with E-state index < -0.39 is 22.5 Å². The normalized spacial score (nSPS) is 11.6. The van der Waals surface area contributed by atoms with Crippen molar-refractivity contribution in [1.29, 1.82) is 0 Å². The van der Waals surface area contributed by atoms with Crippen LogP contribution in [0.3, 0.4) is 0 Å². The Morgan fingerprint density at radius 3 is 2.26 bits per heavy atom. The zero-order valence-electron chi connectivity index (χ0n) is 20.4. The van der Waals surface area contributed by atoms with Crippen LogP contribution in [-0.4, -0.2) is 31.7 Å². The highest BCUT2D eigenvalue weighted by atomic mass is 35.5. The molecular weight excluding hydrogens is 550 g/mol. The lowest BCUT2D eigenvalue weighted by atomic mass is 10.2. The number of carbonyl (C=O) groups is 1. The molecule has 0 aliphatic carbocycles. The zero-order chi connectivity index (χ0) is 27.4. The van der Waals surface area contributed by atoms with Crippen LogP contribution in [0.25, 0.3) is 5.69 Å². The number of sulfonamides is 1. The molecule has 0 bridgehead atoms. The number of hydrogen-bond donors (Lipinski definition) is 1. The maximum Gasteiger partial charge on any atom is 0.264 e. The van der Waals surface area contributed by atoms with E-state index in [0.29, 0.717) is 0 Å². The first-order valence-corrected chi connectivity index (χ1v) is 13.6. The number of anilines is 1. The maximum atomic E-state index is 13.4. The van der Waals surface area contributed by atoms with Gasteiger partial charge in [-0.05, 0) is 74.5 Å². The Morgan fingerprint density at radius 2 is 1.63 bits per heavy atom. The summed E-state index contributed by atoms with van der Waals surface area (Å²) < 4.78 is 43.0. The molecule has 0 radical (unpaired) electrons. The first kappa shape index (κ1) is 27.4. The second-order valence-electron chi connectivity index (χ2n) is 8.38. The second kappa shape index (κ2) is 11.4. The quantitative estimate of drug-likeness (QED) is 0.211. The van der Waals surface area contributed by atoms with Crippen molar-refractivity contribution in [3.63, 3.8) is 0 Å². The van der Waals surface area contributed by atoms with E-state index in [1.54, 1.807) is 30.3 Å². The van der Waals surface area contributed by atoms with E-state index in [1.807, 2.05) is 24.5 Å². The van der Waals surface area contributed by atoms with E-state index in [4.69, 9.17) is 23.2 Å². The molecule has 196 valence electrons. The van der Waals surface area contributed by atoms with Crippen LogP contribution in [0.4, 0.5) is 10.1 Å². The third-order valence-electron chi connectivity index (χ3n) is 5.70. The van der Waals surface area contributed by atoms with Gasteiger partial charge in [0.25, 0.3) is 15.9 Å². The number of benzene rings is 3. The van der Waals surface area contributed by atoms with Crippen molar-refractivity contribution in [1.82, 2.24) is 9.99 Å². The lowest BCUT2D eigenvalue weighted by Gasteiger charge is -2.24. The average Bonchev–Trinajstić information content (AvgIpc) is 3.15. The first-order valence-electron chi connectivity index (χ1n) is 11.4. The fraction of sp³-hybridized carbons (Fsp3) is 0.111. The molecule has 1 N–H and O–H groups in total. The van der Waals surface area contributed by atoms with E-state index in [0.717, 1.165) is 26.9 Å². The van der Waals surface area contributed by atoms with Crippen molar-refractivity contribution in [3.05, 3.63) is 112 Å². The number of aryl methyl sites for hydroxylation is 1. The second-order valence-corrected chi connectivity index (χ2v) is 11.1. The van der Waals surface area contributed by atoms with Crippen molar-refractivity contribution in [2.75, 3.05) is 10.8 Å². The van der Waals surface area contributed by atoms with E-state index in [9.17, 15) is 17.6 Å². The van der Waals surface area contributed by atoms with Crippen LogP contribution in [0.1, 0.15) is 17.0 Å². The van der Waals surface area contributed by atoms with Crippen LogP contribution in [0.15, 0.2) is 88.9 Å². The summed E-state index contributed by atoms with van der Waals surface area (Å²) >= 11 is 12.2. The molecule has 0 aliphatic rings. The number of nitrogens with zero attached hydrogens (tertiary/aromatic N) is 3. The number of rotatable bonds is 8. The Morgan fingerprint density at radius 1 is 1.00 bits per heavy atom. The van der Waals surface area contributed by atoms with Crippen LogP contribution in [0.2, 0.25) is 10.0 Å². The number of amides is 1. The van der Waals surface area contributed by atoms with Gasteiger partial charge in [0, 0.05) is 32.7 Å². The molecule has 3 aromatic carbocycles. The number of aromatic nitrogens is 1. The summed E-state index contributed by atoms with van der Waals surface area (Å²) in [7, 11) is -4.13. The Hall–Kier alpha value is -3.66. The van der Waals surface area contributed by atoms with Crippen molar-refractivity contribution < 1.29 is 17.6 Å². The SMILES string of the molecule is Cc1cc(/C=N\NC(=O)CN(c2cc(Cl)cc(Cl)c2)S(=O)(=O)c2ccccc2)c(C)n1-c1ccc(F)cc1. The van der Waals surface area contributed by atoms with Crippen LogP contribution < -0.4 is 9.73 Å². The molecule has 0 unspecified atom stereocenters. The monoisotopic (exact) mass is 572 g/mol. The molecule has 1 amide bonds. The minimum atomic E-state index is -4.13. The van der Waals surface area contributed by atoms with E-state index >= 15 is 0 Å². The van der Waals surface area contributed by atoms with Gasteiger partial charge in [0.05, 0.1) is 16.8 Å². The summed E-state index contributed by atoms with van der Waals surface area (Å²) in [5.74, 6) is -1.01. The Bertz CT molecular complexity index is 1590. The number of halogens is 3. The molecule has 0 atom stereocenters. The molecule has 11 heteroatoms. The van der Waals surface area contributed by atoms with Gasteiger partial charge >= 0.3 is 0 Å². The average molecular weight is 573 g/mol. The molecule has 0 saturated heterocycles. The predicted molar refractivity (Wildman–Crippen MR) is 148 cm³/mol. The standard InChI is InChI=1S/C27H23Cl2FN4O3S/c1-18-12-20(19(2)34(18)24-10-8-23(30)9-11-24)16-31-32-27(35)17-33(25-14-21(28)13-22(29)15-25)38(36,37)26-6-4-3-5-7-26/h3-16H,17H2,1-2H3,(H,32,35)/b31-16-. The molecule has 1 heterocycles. The van der Waals surface area contributed by atoms with Gasteiger partial charge in [-0.25, -0.2) is 18.2 Å². The smallest absolute Gasteiger partial charge is 0.264 e. The summed E-state index contributed by atoms with van der Waals surface area (Å²) in [6, 6.07) is 20.0. The highest BCUT2D eigenvalue weighted by molar-refractivity contribution is 7.92. The Labute approximate surface area is 230 Å². The molecule has 7 nitrogen and oxygen atoms in total. The zero-order valence-corrected chi connectivity index (χ0v) is 22.7. The molecule has 0 spiro atoms. The Balaban J connectivity index is 1.56. The summed E-state index contributed by atoms with van der Waals surface area (Å²) in [4.78, 5) is 12.8. The Kier molecular flexibility index (Phi) is 8.20. The van der Waals surface area contributed by atoms with E-state index in [-0.39, 0.29) is 26.4 Å². The van der Waals surface area contributed by atoms with Gasteiger partial charge in [-0.1, -0.05) is 41.4 Å². The minimum Gasteiger partial charge on any atom is -0.318 e. The fourth-order valence-electron chi connectivity index (χ4n) is 3.96. The molecular formula is C27H23Cl2FN4O3S. The highest BCUT2D eigenvalue weighted by Gasteiger charge is 2.27. The largest absolute Gasteiger partial charge is 0.318 e. The first-order chi connectivity index (χ1) is 18.1. The lowest BCUT2D eigenvalue weighted by molar-refractivity contribution is -0.119. The van der Waals surface area contributed by atoms with E-state index in [2.05, 4.69) is 10.5 Å².